The van der Waals surface area contributed by atoms with Gasteiger partial charge in [-0.25, -0.2) is 4.98 Å². The molecule has 0 bridgehead atoms. The van der Waals surface area contributed by atoms with Gasteiger partial charge in [0.05, 0.1) is 17.8 Å². The second-order valence-electron chi connectivity index (χ2n) is 10.2. The molecule has 2 aliphatic rings. The Bertz CT molecular complexity index is 1020. The minimum absolute atomic E-state index is 0.0221. The van der Waals surface area contributed by atoms with Crippen LogP contribution in [0.3, 0.4) is 0 Å². The van der Waals surface area contributed by atoms with E-state index < -0.39 is 0 Å². The molecule has 2 fully saturated rings. The van der Waals surface area contributed by atoms with Gasteiger partial charge in [0.2, 0.25) is 0 Å². The van der Waals surface area contributed by atoms with Gasteiger partial charge in [0, 0.05) is 43.6 Å². The number of ether oxygens (including phenoxy) is 1. The number of anilines is 2. The Kier molecular flexibility index (Phi) is 7.22. The van der Waals surface area contributed by atoms with Gasteiger partial charge < -0.3 is 19.9 Å². The first-order valence-corrected chi connectivity index (χ1v) is 12.3. The molecule has 2 aliphatic heterocycles. The number of hydrogen-bond donors (Lipinski definition) is 1. The Balaban J connectivity index is 1.45. The zero-order chi connectivity index (χ0) is 24.4. The molecule has 4 rings (SSSR count). The van der Waals surface area contributed by atoms with Crippen LogP contribution in [0.5, 0.6) is 0 Å². The molecular formula is C27H36N4O3. The number of amides is 2. The van der Waals surface area contributed by atoms with Crippen molar-refractivity contribution in [1.82, 2.24) is 9.88 Å². The van der Waals surface area contributed by atoms with Gasteiger partial charge in [0.1, 0.15) is 5.82 Å². The number of nitrogens with one attached hydrogen (secondary N) is 1. The maximum atomic E-state index is 13.1. The molecule has 0 aliphatic carbocycles. The summed E-state index contributed by atoms with van der Waals surface area (Å²) in [6, 6.07) is 9.20. The number of nitrogens with zero attached hydrogens (tertiary/aromatic N) is 3. The monoisotopic (exact) mass is 464 g/mol. The van der Waals surface area contributed by atoms with Gasteiger partial charge in [-0.3, -0.25) is 9.59 Å². The summed E-state index contributed by atoms with van der Waals surface area (Å²) >= 11 is 0. The number of aromatic nitrogens is 1. The van der Waals surface area contributed by atoms with E-state index in [1.54, 1.807) is 18.3 Å². The predicted molar refractivity (Wildman–Crippen MR) is 134 cm³/mol. The first-order valence-electron chi connectivity index (χ1n) is 12.3. The van der Waals surface area contributed by atoms with Crippen LogP contribution in [-0.2, 0) is 4.74 Å². The first-order chi connectivity index (χ1) is 16.2. The van der Waals surface area contributed by atoms with Crippen molar-refractivity contribution >= 4 is 23.3 Å². The molecule has 0 saturated carbocycles. The average Bonchev–Trinajstić information content (AvgIpc) is 2.79. The molecule has 1 aromatic heterocycles. The fourth-order valence-corrected chi connectivity index (χ4v) is 5.17. The molecule has 0 radical (unpaired) electrons. The molecule has 2 aromatic rings. The Hall–Kier alpha value is -2.93. The lowest BCUT2D eigenvalue weighted by atomic mass is 9.91. The molecule has 7 nitrogen and oxygen atoms in total. The third-order valence-corrected chi connectivity index (χ3v) is 6.64. The maximum absolute atomic E-state index is 13.1. The van der Waals surface area contributed by atoms with Gasteiger partial charge in [0.15, 0.2) is 0 Å². The highest BCUT2D eigenvalue weighted by Gasteiger charge is 2.27. The number of morpholine rings is 1. The van der Waals surface area contributed by atoms with E-state index in [0.29, 0.717) is 28.7 Å². The van der Waals surface area contributed by atoms with Crippen molar-refractivity contribution in [2.45, 2.75) is 53.2 Å². The summed E-state index contributed by atoms with van der Waals surface area (Å²) < 4.78 is 5.79. The van der Waals surface area contributed by atoms with Crippen molar-refractivity contribution in [3.63, 3.8) is 0 Å². The minimum Gasteiger partial charge on any atom is -0.372 e. The van der Waals surface area contributed by atoms with E-state index in [-0.39, 0.29) is 24.0 Å². The Morgan fingerprint density at radius 1 is 0.941 bits per heavy atom. The number of benzene rings is 1. The largest absolute Gasteiger partial charge is 0.372 e. The lowest BCUT2D eigenvalue weighted by molar-refractivity contribution is -0.00546. The first kappa shape index (κ1) is 24.2. The topological polar surface area (TPSA) is 74.8 Å². The molecule has 4 unspecified atom stereocenters. The second kappa shape index (κ2) is 10.1. The summed E-state index contributed by atoms with van der Waals surface area (Å²) in [5.41, 5.74) is 2.64. The fourth-order valence-electron chi connectivity index (χ4n) is 5.17. The summed E-state index contributed by atoms with van der Waals surface area (Å²) in [6.07, 6.45) is 3.04. The van der Waals surface area contributed by atoms with Crippen molar-refractivity contribution < 1.29 is 14.3 Å². The van der Waals surface area contributed by atoms with E-state index in [4.69, 9.17) is 4.74 Å². The molecule has 34 heavy (non-hydrogen) atoms. The SMILES string of the molecule is Cc1ccc(C(=O)N2CC(C)CC(C)C2)cc1NC(=O)c1ccc(N2CC(C)OC(C)C2)nc1. The van der Waals surface area contributed by atoms with E-state index in [1.165, 1.54) is 0 Å². The van der Waals surface area contributed by atoms with Crippen LogP contribution in [0.1, 0.15) is 60.4 Å². The molecule has 1 N–H and O–H groups in total. The van der Waals surface area contributed by atoms with Gasteiger partial charge in [-0.15, -0.1) is 0 Å². The molecule has 1 aromatic carbocycles. The summed E-state index contributed by atoms with van der Waals surface area (Å²) in [5.74, 6) is 1.62. The van der Waals surface area contributed by atoms with Crippen LogP contribution < -0.4 is 10.2 Å². The minimum atomic E-state index is -0.240. The van der Waals surface area contributed by atoms with Crippen LogP contribution in [0.15, 0.2) is 36.5 Å². The van der Waals surface area contributed by atoms with Crippen molar-refractivity contribution in [2.24, 2.45) is 11.8 Å². The number of rotatable bonds is 4. The smallest absolute Gasteiger partial charge is 0.257 e. The van der Waals surface area contributed by atoms with Crippen LogP contribution in [0.4, 0.5) is 11.5 Å². The Labute approximate surface area is 202 Å². The van der Waals surface area contributed by atoms with Crippen LogP contribution in [0, 0.1) is 18.8 Å². The van der Waals surface area contributed by atoms with E-state index >= 15 is 0 Å². The summed E-state index contributed by atoms with van der Waals surface area (Å²) in [5, 5.41) is 2.97. The van der Waals surface area contributed by atoms with Gasteiger partial charge >= 0.3 is 0 Å². The lowest BCUT2D eigenvalue weighted by Crippen LogP contribution is -2.45. The normalized spacial score (nSPS) is 25.2. The van der Waals surface area contributed by atoms with Crippen LogP contribution >= 0.6 is 0 Å². The molecular weight excluding hydrogens is 428 g/mol. The molecule has 182 valence electrons. The molecule has 2 saturated heterocycles. The Morgan fingerprint density at radius 3 is 2.21 bits per heavy atom. The summed E-state index contributed by atoms with van der Waals surface area (Å²) in [6.45, 7) is 13.5. The number of pyridine rings is 1. The fraction of sp³-hybridized carbons (Fsp3) is 0.519. The number of carbonyl (C=O) groups excluding carboxylic acids is 2. The van der Waals surface area contributed by atoms with Crippen molar-refractivity contribution in [3.05, 3.63) is 53.2 Å². The zero-order valence-electron chi connectivity index (χ0n) is 20.9. The number of piperidine rings is 1. The van der Waals surface area contributed by atoms with E-state index in [9.17, 15) is 9.59 Å². The second-order valence-corrected chi connectivity index (χ2v) is 10.2. The van der Waals surface area contributed by atoms with Gasteiger partial charge in [0.25, 0.3) is 11.8 Å². The van der Waals surface area contributed by atoms with Crippen LogP contribution in [0.2, 0.25) is 0 Å². The highest BCUT2D eigenvalue weighted by atomic mass is 16.5. The summed E-state index contributed by atoms with van der Waals surface area (Å²) in [4.78, 5) is 34.7. The Morgan fingerprint density at radius 2 is 1.59 bits per heavy atom. The lowest BCUT2D eigenvalue weighted by Gasteiger charge is -2.36. The summed E-state index contributed by atoms with van der Waals surface area (Å²) in [7, 11) is 0. The molecule has 2 amide bonds. The van der Waals surface area contributed by atoms with Gasteiger partial charge in [-0.05, 0) is 68.9 Å². The third kappa shape index (κ3) is 5.58. The van der Waals surface area contributed by atoms with Crippen molar-refractivity contribution in [3.8, 4) is 0 Å². The quantitative estimate of drug-likeness (QED) is 0.727. The molecule has 7 heteroatoms. The van der Waals surface area contributed by atoms with Gasteiger partial charge in [-0.2, -0.15) is 0 Å². The standard InChI is InChI=1S/C27H36N4O3/c1-17-10-18(2)14-31(13-17)27(33)22-7-6-19(3)24(11-22)29-26(32)23-8-9-25(28-12-23)30-15-20(4)34-21(5)16-30/h6-9,11-12,17-18,20-21H,10,13-16H2,1-5H3,(H,29,32). The van der Waals surface area contributed by atoms with Crippen molar-refractivity contribution in [2.75, 3.05) is 36.4 Å². The average molecular weight is 465 g/mol. The van der Waals surface area contributed by atoms with Crippen LogP contribution in [0.25, 0.3) is 0 Å². The molecule has 0 spiro atoms. The van der Waals surface area contributed by atoms with Gasteiger partial charge in [-0.1, -0.05) is 19.9 Å². The highest BCUT2D eigenvalue weighted by Crippen LogP contribution is 2.25. The number of carbonyl (C=O) groups is 2. The van der Waals surface area contributed by atoms with E-state index in [0.717, 1.165) is 44.0 Å². The maximum Gasteiger partial charge on any atom is 0.257 e. The zero-order valence-corrected chi connectivity index (χ0v) is 20.9. The number of hydrogen-bond acceptors (Lipinski definition) is 5. The van der Waals surface area contributed by atoms with E-state index in [1.807, 2.05) is 30.0 Å². The molecule has 3 heterocycles. The third-order valence-electron chi connectivity index (χ3n) is 6.64. The van der Waals surface area contributed by atoms with Crippen molar-refractivity contribution in [1.29, 1.82) is 0 Å². The van der Waals surface area contributed by atoms with E-state index in [2.05, 4.69) is 42.9 Å². The number of likely N-dealkylation sites (tertiary alicyclic amines) is 1. The molecule has 4 atom stereocenters. The predicted octanol–water partition coefficient (Wildman–Crippen LogP) is 4.37. The number of aryl methyl sites for hydroxylation is 1. The van der Waals surface area contributed by atoms with Crippen LogP contribution in [-0.4, -0.2) is 60.1 Å². The highest BCUT2D eigenvalue weighted by molar-refractivity contribution is 6.05.